The zero-order chi connectivity index (χ0) is 22.2. The van der Waals surface area contributed by atoms with Gasteiger partial charge >= 0.3 is 11.9 Å². The summed E-state index contributed by atoms with van der Waals surface area (Å²) in [5.74, 6) is -1.33. The van der Waals surface area contributed by atoms with E-state index in [0.717, 1.165) is 11.3 Å². The van der Waals surface area contributed by atoms with Crippen LogP contribution in [0.5, 0.6) is 11.6 Å². The van der Waals surface area contributed by atoms with Crippen LogP contribution in [0.4, 0.5) is 5.00 Å². The molecule has 0 fully saturated rings. The summed E-state index contributed by atoms with van der Waals surface area (Å²) in [6, 6.07) is 8.03. The van der Waals surface area contributed by atoms with Crippen LogP contribution in [-0.2, 0) is 14.3 Å². The van der Waals surface area contributed by atoms with Gasteiger partial charge in [-0.15, -0.1) is 11.3 Å². The molecule has 3 rings (SSSR count). The van der Waals surface area contributed by atoms with E-state index in [-0.39, 0.29) is 18.1 Å². The number of carbonyl (C=O) groups excluding carboxylic acids is 3. The molecule has 10 heteroatoms. The summed E-state index contributed by atoms with van der Waals surface area (Å²) >= 11 is 1.09. The molecule has 0 aliphatic heterocycles. The number of rotatable bonds is 8. The van der Waals surface area contributed by atoms with Crippen molar-refractivity contribution in [2.45, 2.75) is 13.8 Å². The maximum Gasteiger partial charge on any atom is 0.348 e. The van der Waals surface area contributed by atoms with Crippen molar-refractivity contribution in [3.05, 3.63) is 64.9 Å². The third-order valence-electron chi connectivity index (χ3n) is 3.82. The Kier molecular flexibility index (Phi) is 7.28. The second kappa shape index (κ2) is 10.3. The number of carbonyl (C=O) groups is 3. The molecule has 1 N–H and O–H groups in total. The van der Waals surface area contributed by atoms with Crippen LogP contribution in [0.3, 0.4) is 0 Å². The van der Waals surface area contributed by atoms with Crippen molar-refractivity contribution >= 4 is 34.2 Å². The molecule has 9 nitrogen and oxygen atoms in total. The van der Waals surface area contributed by atoms with Crippen LogP contribution in [0.15, 0.2) is 48.9 Å². The minimum atomic E-state index is -0.767. The number of thiophene rings is 1. The number of amides is 1. The summed E-state index contributed by atoms with van der Waals surface area (Å²) < 4.78 is 15.6. The Labute approximate surface area is 182 Å². The Morgan fingerprint density at radius 3 is 2.65 bits per heavy atom. The van der Waals surface area contributed by atoms with E-state index >= 15 is 0 Å². The Bertz CT molecular complexity index is 1080. The first-order chi connectivity index (χ1) is 15.0. The number of esters is 2. The maximum absolute atomic E-state index is 12.4. The van der Waals surface area contributed by atoms with Gasteiger partial charge in [0.1, 0.15) is 16.2 Å². The second-order valence-electron chi connectivity index (χ2n) is 6.11. The van der Waals surface area contributed by atoms with Crippen LogP contribution in [0, 0.1) is 6.92 Å². The monoisotopic (exact) mass is 441 g/mol. The molecule has 0 bridgehead atoms. The van der Waals surface area contributed by atoms with E-state index in [1.807, 2.05) is 0 Å². The minimum Gasteiger partial charge on any atom is -0.462 e. The average Bonchev–Trinajstić information content (AvgIpc) is 3.13. The van der Waals surface area contributed by atoms with Crippen LogP contribution < -0.4 is 10.1 Å². The van der Waals surface area contributed by atoms with Crippen molar-refractivity contribution in [1.29, 1.82) is 0 Å². The predicted octanol–water partition coefficient (Wildman–Crippen LogP) is 3.61. The first-order valence-corrected chi connectivity index (χ1v) is 10.1. The van der Waals surface area contributed by atoms with E-state index in [0.29, 0.717) is 21.2 Å². The Morgan fingerprint density at radius 1 is 1.10 bits per heavy atom. The first-order valence-electron chi connectivity index (χ1n) is 9.25. The lowest BCUT2D eigenvalue weighted by Crippen LogP contribution is -2.20. The molecule has 1 amide bonds. The van der Waals surface area contributed by atoms with Gasteiger partial charge in [0.15, 0.2) is 6.61 Å². The van der Waals surface area contributed by atoms with Crippen molar-refractivity contribution in [1.82, 2.24) is 9.97 Å². The van der Waals surface area contributed by atoms with E-state index in [2.05, 4.69) is 15.3 Å². The smallest absolute Gasteiger partial charge is 0.348 e. The zero-order valence-electron chi connectivity index (χ0n) is 16.8. The molecule has 3 aromatic rings. The molecule has 0 spiro atoms. The van der Waals surface area contributed by atoms with Gasteiger partial charge in [-0.05, 0) is 49.7 Å². The van der Waals surface area contributed by atoms with Crippen LogP contribution in [0.25, 0.3) is 0 Å². The van der Waals surface area contributed by atoms with Gasteiger partial charge in [-0.2, -0.15) is 0 Å². The minimum absolute atomic E-state index is 0.0360. The highest BCUT2D eigenvalue weighted by atomic mass is 32.1. The number of pyridine rings is 2. The number of anilines is 1. The lowest BCUT2D eigenvalue weighted by atomic mass is 10.3. The second-order valence-corrected chi connectivity index (χ2v) is 7.17. The number of nitrogens with one attached hydrogen (secondary N) is 1. The van der Waals surface area contributed by atoms with Crippen molar-refractivity contribution in [3.63, 3.8) is 0 Å². The molecule has 0 radical (unpaired) electrons. The number of hydrogen-bond acceptors (Lipinski definition) is 9. The maximum atomic E-state index is 12.4. The van der Waals surface area contributed by atoms with Gasteiger partial charge in [0, 0.05) is 12.4 Å². The normalized spacial score (nSPS) is 10.3. The summed E-state index contributed by atoms with van der Waals surface area (Å²) in [5.41, 5.74) is 0.749. The van der Waals surface area contributed by atoms with E-state index in [4.69, 9.17) is 14.2 Å². The van der Waals surface area contributed by atoms with Crippen molar-refractivity contribution in [2.75, 3.05) is 18.5 Å². The molecule has 0 saturated heterocycles. The van der Waals surface area contributed by atoms with Crippen LogP contribution >= 0.6 is 11.3 Å². The molecular weight excluding hydrogens is 422 g/mol. The fourth-order valence-corrected chi connectivity index (χ4v) is 3.45. The summed E-state index contributed by atoms with van der Waals surface area (Å²) in [5, 5.41) is 3.05. The SMILES string of the molecule is CCOC(=O)c1sc(NC(=O)COC(=O)c2cccnc2Oc2cccnc2)cc1C. The Morgan fingerprint density at radius 2 is 1.90 bits per heavy atom. The van der Waals surface area contributed by atoms with Crippen LogP contribution in [-0.4, -0.2) is 41.0 Å². The number of nitrogens with zero attached hydrogens (tertiary/aromatic N) is 2. The first kappa shape index (κ1) is 21.9. The lowest BCUT2D eigenvalue weighted by Gasteiger charge is -2.09. The number of aromatic nitrogens is 2. The zero-order valence-corrected chi connectivity index (χ0v) is 17.6. The van der Waals surface area contributed by atoms with Gasteiger partial charge in [0.25, 0.3) is 5.91 Å². The molecule has 31 heavy (non-hydrogen) atoms. The number of aryl methyl sites for hydroxylation is 1. The fourth-order valence-electron chi connectivity index (χ4n) is 2.47. The molecule has 0 unspecified atom stereocenters. The third kappa shape index (κ3) is 5.86. The molecule has 0 aliphatic carbocycles. The highest BCUT2D eigenvalue weighted by Crippen LogP contribution is 2.27. The molecular formula is C21H19N3O6S. The predicted molar refractivity (Wildman–Crippen MR) is 112 cm³/mol. The molecule has 3 aromatic heterocycles. The topological polar surface area (TPSA) is 117 Å². The van der Waals surface area contributed by atoms with Crippen molar-refractivity contribution in [2.24, 2.45) is 0 Å². The molecule has 0 saturated carbocycles. The van der Waals surface area contributed by atoms with E-state index in [9.17, 15) is 14.4 Å². The Balaban J connectivity index is 1.59. The summed E-state index contributed by atoms with van der Waals surface area (Å²) in [7, 11) is 0. The highest BCUT2D eigenvalue weighted by molar-refractivity contribution is 7.18. The van der Waals surface area contributed by atoms with E-state index in [1.165, 1.54) is 18.5 Å². The molecule has 0 aromatic carbocycles. The molecule has 0 atom stereocenters. The van der Waals surface area contributed by atoms with Gasteiger partial charge in [-0.25, -0.2) is 14.6 Å². The van der Waals surface area contributed by atoms with Crippen LogP contribution in [0.1, 0.15) is 32.5 Å². The van der Waals surface area contributed by atoms with Gasteiger partial charge in [-0.3, -0.25) is 9.78 Å². The molecule has 3 heterocycles. The number of hydrogen-bond donors (Lipinski definition) is 1. The van der Waals surface area contributed by atoms with Crippen molar-refractivity contribution in [3.8, 4) is 11.6 Å². The van der Waals surface area contributed by atoms with Crippen LogP contribution in [0.2, 0.25) is 0 Å². The summed E-state index contributed by atoms with van der Waals surface area (Å²) in [6.07, 6.45) is 4.53. The molecule has 0 aliphatic rings. The fraction of sp³-hybridized carbons (Fsp3) is 0.190. The van der Waals surface area contributed by atoms with E-state index < -0.39 is 24.5 Å². The standard InChI is InChI=1S/C21H19N3O6S/c1-3-28-21(27)18-13(2)10-17(31-18)24-16(25)12-29-20(26)15-7-5-9-23-19(15)30-14-6-4-8-22-11-14/h4-11H,3,12H2,1-2H3,(H,24,25). The van der Waals surface area contributed by atoms with Gasteiger partial charge < -0.3 is 19.5 Å². The van der Waals surface area contributed by atoms with Gasteiger partial charge in [0.05, 0.1) is 17.8 Å². The highest BCUT2D eigenvalue weighted by Gasteiger charge is 2.19. The summed E-state index contributed by atoms with van der Waals surface area (Å²) in [4.78, 5) is 44.9. The van der Waals surface area contributed by atoms with Gasteiger partial charge in [-0.1, -0.05) is 0 Å². The Hall–Kier alpha value is -3.79. The van der Waals surface area contributed by atoms with E-state index in [1.54, 1.807) is 44.3 Å². The van der Waals surface area contributed by atoms with Crippen molar-refractivity contribution < 1.29 is 28.6 Å². The number of ether oxygens (including phenoxy) is 3. The quantitative estimate of drug-likeness (QED) is 0.527. The van der Waals surface area contributed by atoms with Gasteiger partial charge in [0.2, 0.25) is 5.88 Å². The average molecular weight is 441 g/mol. The largest absolute Gasteiger partial charge is 0.462 e. The third-order valence-corrected chi connectivity index (χ3v) is 4.95. The lowest BCUT2D eigenvalue weighted by molar-refractivity contribution is -0.119. The summed E-state index contributed by atoms with van der Waals surface area (Å²) in [6.45, 7) is 3.19. The molecule has 160 valence electrons.